The highest BCUT2D eigenvalue weighted by molar-refractivity contribution is 6.35. The molecule has 9 heteroatoms. The van der Waals surface area contributed by atoms with Crippen molar-refractivity contribution in [2.24, 2.45) is 0 Å². The normalized spacial score (nSPS) is 15.0. The Morgan fingerprint density at radius 1 is 0.900 bits per heavy atom. The lowest BCUT2D eigenvalue weighted by Gasteiger charge is -2.14. The van der Waals surface area contributed by atoms with E-state index in [0.717, 1.165) is 46.4 Å². The Kier molecular flexibility index (Phi) is 7.81. The average Bonchev–Trinajstić information content (AvgIpc) is 3.51. The zero-order valence-corrected chi connectivity index (χ0v) is 22.6. The molecule has 1 aliphatic heterocycles. The van der Waals surface area contributed by atoms with Crippen LogP contribution in [0.4, 0.5) is 5.82 Å². The lowest BCUT2D eigenvalue weighted by atomic mass is 10.0. The number of nitrogens with zero attached hydrogens (tertiary/aromatic N) is 4. The lowest BCUT2D eigenvalue weighted by Crippen LogP contribution is -2.13. The Morgan fingerprint density at radius 2 is 1.75 bits per heavy atom. The number of hydrogen-bond acceptors (Lipinski definition) is 8. The Bertz CT molecular complexity index is 1630. The molecule has 1 atom stereocenters. The van der Waals surface area contributed by atoms with Crippen molar-refractivity contribution in [3.05, 3.63) is 95.4 Å². The van der Waals surface area contributed by atoms with E-state index >= 15 is 0 Å². The molecule has 1 saturated heterocycles. The highest BCUT2D eigenvalue weighted by Gasteiger charge is 2.19. The smallest absolute Gasteiger partial charge is 0.257 e. The van der Waals surface area contributed by atoms with Gasteiger partial charge in [0, 0.05) is 41.4 Å². The predicted molar refractivity (Wildman–Crippen MR) is 155 cm³/mol. The summed E-state index contributed by atoms with van der Waals surface area (Å²) in [4.78, 5) is 18.7. The van der Waals surface area contributed by atoms with Crippen LogP contribution in [-0.4, -0.2) is 45.9 Å². The zero-order valence-electron chi connectivity index (χ0n) is 21.8. The molecule has 0 amide bonds. The molecule has 1 aliphatic rings. The van der Waals surface area contributed by atoms with Crippen LogP contribution in [0.5, 0.6) is 5.88 Å². The topological polar surface area (TPSA) is 105 Å². The second-order valence-electron chi connectivity index (χ2n) is 9.53. The molecule has 1 fully saturated rings. The first-order valence-corrected chi connectivity index (χ1v) is 13.6. The van der Waals surface area contributed by atoms with Crippen molar-refractivity contribution in [2.45, 2.75) is 25.6 Å². The van der Waals surface area contributed by atoms with Gasteiger partial charge in [0.1, 0.15) is 5.69 Å². The van der Waals surface area contributed by atoms with E-state index in [2.05, 4.69) is 4.98 Å². The minimum Gasteiger partial charge on any atom is -0.475 e. The average molecular weight is 554 g/mol. The molecule has 6 rings (SSSR count). The van der Waals surface area contributed by atoms with E-state index in [4.69, 9.17) is 46.5 Å². The van der Waals surface area contributed by atoms with E-state index in [1.807, 2.05) is 72.8 Å². The molecule has 4 heterocycles. The van der Waals surface area contributed by atoms with Crippen LogP contribution in [0.3, 0.4) is 0 Å². The number of hydrogen-bond donors (Lipinski definition) is 1. The molecule has 2 N–H and O–H groups in total. The molecule has 2 aromatic carbocycles. The largest absolute Gasteiger partial charge is 0.475 e. The summed E-state index contributed by atoms with van der Waals surface area (Å²) >= 11 is 6.62. The maximum atomic E-state index is 6.62. The first-order chi connectivity index (χ1) is 19.6. The van der Waals surface area contributed by atoms with Crippen molar-refractivity contribution in [2.75, 3.05) is 25.6 Å². The second kappa shape index (κ2) is 12.0. The number of halogens is 1. The Hall–Kier alpha value is -4.11. The van der Waals surface area contributed by atoms with E-state index in [1.54, 1.807) is 6.20 Å². The van der Waals surface area contributed by atoms with Crippen LogP contribution in [0.1, 0.15) is 17.8 Å². The monoisotopic (exact) mass is 553 g/mol. The summed E-state index contributed by atoms with van der Waals surface area (Å²) in [7, 11) is 0. The molecule has 3 aromatic heterocycles. The van der Waals surface area contributed by atoms with Crippen LogP contribution >= 0.6 is 11.6 Å². The predicted octanol–water partition coefficient (Wildman–Crippen LogP) is 5.92. The third kappa shape index (κ3) is 5.89. The van der Waals surface area contributed by atoms with Crippen molar-refractivity contribution in [1.29, 1.82) is 0 Å². The third-order valence-electron chi connectivity index (χ3n) is 6.68. The summed E-state index contributed by atoms with van der Waals surface area (Å²) in [6, 6.07) is 23.4. The molecular weight excluding hydrogens is 526 g/mol. The van der Waals surface area contributed by atoms with E-state index in [9.17, 15) is 0 Å². The standard InChI is InChI=1S/C31H28ClN5O3/c32-26-17-22(16-21-8-5-13-34-27(21)26)29-28(20-6-2-1-3-7-20)36-30(33)31(37-29)39-15-11-23-9-4-10-24(35-23)18-40-25-12-14-38-19-25/h1-10,13,16-17,25H,11-12,14-15,18-19H2,(H2,33,36). The van der Waals surface area contributed by atoms with Crippen LogP contribution in [0.15, 0.2) is 79.0 Å². The van der Waals surface area contributed by atoms with E-state index in [-0.39, 0.29) is 17.8 Å². The Labute approximate surface area is 237 Å². The number of aromatic nitrogens is 4. The van der Waals surface area contributed by atoms with Crippen molar-refractivity contribution in [3.8, 4) is 28.4 Å². The van der Waals surface area contributed by atoms with Crippen LogP contribution in [0.25, 0.3) is 33.4 Å². The van der Waals surface area contributed by atoms with Gasteiger partial charge in [0.15, 0.2) is 5.82 Å². The van der Waals surface area contributed by atoms with Gasteiger partial charge in [0.2, 0.25) is 0 Å². The third-order valence-corrected chi connectivity index (χ3v) is 6.97. The Morgan fingerprint density at radius 3 is 2.60 bits per heavy atom. The SMILES string of the molecule is Nc1nc(-c2ccccc2)c(-c2cc(Cl)c3ncccc3c2)nc1OCCc1cccc(COC2CCOC2)n1. The molecule has 0 spiro atoms. The van der Waals surface area contributed by atoms with Crippen molar-refractivity contribution in [1.82, 2.24) is 19.9 Å². The highest BCUT2D eigenvalue weighted by atomic mass is 35.5. The molecule has 0 bridgehead atoms. The molecule has 1 unspecified atom stereocenters. The fraction of sp³-hybridized carbons (Fsp3) is 0.226. The summed E-state index contributed by atoms with van der Waals surface area (Å²) < 4.78 is 17.3. The number of pyridine rings is 2. The minimum absolute atomic E-state index is 0.136. The first-order valence-electron chi connectivity index (χ1n) is 13.2. The highest BCUT2D eigenvalue weighted by Crippen LogP contribution is 2.36. The maximum Gasteiger partial charge on any atom is 0.257 e. The van der Waals surface area contributed by atoms with Gasteiger partial charge in [0.05, 0.1) is 47.9 Å². The second-order valence-corrected chi connectivity index (χ2v) is 9.93. The Balaban J connectivity index is 1.25. The first kappa shape index (κ1) is 26.1. The number of nitrogens with two attached hydrogens (primary N) is 1. The van der Waals surface area contributed by atoms with Gasteiger partial charge in [-0.2, -0.15) is 0 Å². The van der Waals surface area contributed by atoms with Gasteiger partial charge in [-0.1, -0.05) is 54.1 Å². The fourth-order valence-electron chi connectivity index (χ4n) is 4.67. The molecule has 0 aliphatic carbocycles. The zero-order chi connectivity index (χ0) is 27.3. The number of rotatable bonds is 9. The molecule has 5 aromatic rings. The van der Waals surface area contributed by atoms with Crippen LogP contribution < -0.4 is 10.5 Å². The summed E-state index contributed by atoms with van der Waals surface area (Å²) in [5, 5.41) is 1.43. The molecule has 0 radical (unpaired) electrons. The van der Waals surface area contributed by atoms with Crippen LogP contribution in [0.2, 0.25) is 5.02 Å². The molecule has 202 valence electrons. The number of anilines is 1. The van der Waals surface area contributed by atoms with Crippen molar-refractivity contribution in [3.63, 3.8) is 0 Å². The van der Waals surface area contributed by atoms with Gasteiger partial charge in [-0.3, -0.25) is 9.97 Å². The van der Waals surface area contributed by atoms with Gasteiger partial charge in [-0.05, 0) is 36.8 Å². The number of benzene rings is 2. The van der Waals surface area contributed by atoms with E-state index < -0.39 is 0 Å². The van der Waals surface area contributed by atoms with Crippen LogP contribution in [0, 0.1) is 0 Å². The van der Waals surface area contributed by atoms with Crippen molar-refractivity contribution < 1.29 is 14.2 Å². The van der Waals surface area contributed by atoms with Crippen LogP contribution in [-0.2, 0) is 22.5 Å². The van der Waals surface area contributed by atoms with Gasteiger partial charge in [0.25, 0.3) is 5.88 Å². The molecule has 8 nitrogen and oxygen atoms in total. The molecular formula is C31H28ClN5O3. The number of ether oxygens (including phenoxy) is 3. The maximum absolute atomic E-state index is 6.62. The molecule has 0 saturated carbocycles. The van der Waals surface area contributed by atoms with E-state index in [1.165, 1.54) is 0 Å². The summed E-state index contributed by atoms with van der Waals surface area (Å²) in [5.74, 6) is 0.475. The van der Waals surface area contributed by atoms with Gasteiger partial charge in [-0.15, -0.1) is 0 Å². The summed E-state index contributed by atoms with van der Waals surface area (Å²) in [6.45, 7) is 2.18. The van der Waals surface area contributed by atoms with Gasteiger partial charge in [-0.25, -0.2) is 9.97 Å². The van der Waals surface area contributed by atoms with Gasteiger partial charge < -0.3 is 19.9 Å². The minimum atomic E-state index is 0.136. The number of nitrogen functional groups attached to an aromatic ring is 1. The summed E-state index contributed by atoms with van der Waals surface area (Å²) in [6.07, 6.45) is 3.35. The lowest BCUT2D eigenvalue weighted by molar-refractivity contribution is 0.0301. The summed E-state index contributed by atoms with van der Waals surface area (Å²) in [5.41, 5.74) is 11.8. The molecule has 40 heavy (non-hydrogen) atoms. The quantitative estimate of drug-likeness (QED) is 0.240. The van der Waals surface area contributed by atoms with Crippen molar-refractivity contribution >= 4 is 28.3 Å². The van der Waals surface area contributed by atoms with E-state index in [0.29, 0.717) is 42.7 Å². The fourth-order valence-corrected chi connectivity index (χ4v) is 4.95. The van der Waals surface area contributed by atoms with Gasteiger partial charge >= 0.3 is 0 Å². The number of fused-ring (bicyclic) bond motifs is 1.